The van der Waals surface area contributed by atoms with Crippen molar-refractivity contribution in [2.75, 3.05) is 4.90 Å². The van der Waals surface area contributed by atoms with Crippen LogP contribution in [0.4, 0.5) is 5.69 Å². The molecule has 19 heavy (non-hydrogen) atoms. The Morgan fingerprint density at radius 1 is 0.947 bits per heavy atom. The van der Waals surface area contributed by atoms with Gasteiger partial charge >= 0.3 is 0 Å². The molecule has 0 saturated carbocycles. The summed E-state index contributed by atoms with van der Waals surface area (Å²) in [6.07, 6.45) is 0. The zero-order valence-corrected chi connectivity index (χ0v) is 13.3. The van der Waals surface area contributed by atoms with Crippen molar-refractivity contribution in [3.63, 3.8) is 0 Å². The van der Waals surface area contributed by atoms with Gasteiger partial charge in [-0.25, -0.2) is 4.90 Å². The quantitative estimate of drug-likeness (QED) is 0.512. The molecule has 0 aliphatic carbocycles. The third kappa shape index (κ3) is 2.10. The molecule has 2 amide bonds. The molecular weight excluding hydrogens is 421 g/mol. The molecule has 0 fully saturated rings. The second-order valence-electron chi connectivity index (χ2n) is 4.12. The topological polar surface area (TPSA) is 37.4 Å². The molecule has 5 heteroatoms. The predicted octanol–water partition coefficient (Wildman–Crippen LogP) is 3.85. The lowest BCUT2D eigenvalue weighted by atomic mass is 10.1. The van der Waals surface area contributed by atoms with Crippen molar-refractivity contribution >= 4 is 56.0 Å². The van der Waals surface area contributed by atoms with Gasteiger partial charge in [0.25, 0.3) is 11.8 Å². The molecule has 0 spiro atoms. The number of anilines is 1. The lowest BCUT2D eigenvalue weighted by Gasteiger charge is -2.14. The number of hydrogen-bond donors (Lipinski definition) is 0. The van der Waals surface area contributed by atoms with Crippen molar-refractivity contribution in [3.8, 4) is 0 Å². The van der Waals surface area contributed by atoms with Gasteiger partial charge in [-0.3, -0.25) is 9.59 Å². The summed E-state index contributed by atoms with van der Waals surface area (Å²) in [5.74, 6) is -0.538. The Kier molecular flexibility index (Phi) is 3.18. The van der Waals surface area contributed by atoms with Crippen LogP contribution in [0.3, 0.4) is 0 Å². The Morgan fingerprint density at radius 2 is 1.53 bits per heavy atom. The highest BCUT2D eigenvalue weighted by Gasteiger charge is 2.36. The van der Waals surface area contributed by atoms with Crippen LogP contribution in [0, 0.1) is 3.57 Å². The first-order chi connectivity index (χ1) is 9.08. The maximum Gasteiger partial charge on any atom is 0.266 e. The average Bonchev–Trinajstić information content (AvgIpc) is 2.61. The third-order valence-electron chi connectivity index (χ3n) is 2.90. The molecular formula is C14H7BrINO2. The van der Waals surface area contributed by atoms with Gasteiger partial charge < -0.3 is 0 Å². The number of amides is 2. The van der Waals surface area contributed by atoms with Crippen molar-refractivity contribution in [2.45, 2.75) is 0 Å². The van der Waals surface area contributed by atoms with Crippen LogP contribution in [0.1, 0.15) is 20.7 Å². The fourth-order valence-corrected chi connectivity index (χ4v) is 3.66. The van der Waals surface area contributed by atoms with Crippen LogP contribution in [-0.4, -0.2) is 11.8 Å². The van der Waals surface area contributed by atoms with Gasteiger partial charge in [0.1, 0.15) is 0 Å². The number of carbonyl (C=O) groups is 2. The van der Waals surface area contributed by atoms with E-state index < -0.39 is 0 Å². The Morgan fingerprint density at radius 3 is 2.05 bits per heavy atom. The van der Waals surface area contributed by atoms with Gasteiger partial charge in [0, 0.05) is 8.04 Å². The predicted molar refractivity (Wildman–Crippen MR) is 84.4 cm³/mol. The van der Waals surface area contributed by atoms with Crippen LogP contribution in [-0.2, 0) is 0 Å². The van der Waals surface area contributed by atoms with E-state index in [1.165, 1.54) is 4.90 Å². The van der Waals surface area contributed by atoms with Crippen molar-refractivity contribution < 1.29 is 9.59 Å². The molecule has 94 valence electrons. The van der Waals surface area contributed by atoms with E-state index in [1.54, 1.807) is 30.3 Å². The minimum absolute atomic E-state index is 0.269. The van der Waals surface area contributed by atoms with Crippen LogP contribution in [0.5, 0.6) is 0 Å². The molecule has 0 radical (unpaired) electrons. The summed E-state index contributed by atoms with van der Waals surface area (Å²) in [5, 5.41) is 0. The molecule has 3 nitrogen and oxygen atoms in total. The lowest BCUT2D eigenvalue weighted by Crippen LogP contribution is -2.29. The molecule has 1 aliphatic rings. The van der Waals surface area contributed by atoms with Gasteiger partial charge in [-0.2, -0.15) is 0 Å². The molecule has 0 aromatic heterocycles. The number of carbonyl (C=O) groups excluding carboxylic acids is 2. The van der Waals surface area contributed by atoms with E-state index in [2.05, 4.69) is 38.5 Å². The second kappa shape index (κ2) is 4.72. The Bertz CT molecular complexity index is 659. The smallest absolute Gasteiger partial charge is 0.266 e. The highest BCUT2D eigenvalue weighted by atomic mass is 127. The minimum atomic E-state index is -0.269. The van der Waals surface area contributed by atoms with Crippen molar-refractivity contribution in [1.29, 1.82) is 0 Å². The Balaban J connectivity index is 2.14. The first kappa shape index (κ1) is 12.8. The normalized spacial score (nSPS) is 13.9. The van der Waals surface area contributed by atoms with Gasteiger partial charge in [-0.1, -0.05) is 28.1 Å². The SMILES string of the molecule is O=C1c2ccccc2C(=O)N1c1cc(Br)cc(I)c1. The van der Waals surface area contributed by atoms with E-state index >= 15 is 0 Å². The van der Waals surface area contributed by atoms with Crippen LogP contribution in [0.2, 0.25) is 0 Å². The molecule has 0 bridgehead atoms. The number of fused-ring (bicyclic) bond motifs is 1. The maximum absolute atomic E-state index is 12.3. The number of halogens is 2. The number of benzene rings is 2. The summed E-state index contributed by atoms with van der Waals surface area (Å²) >= 11 is 5.53. The summed E-state index contributed by atoms with van der Waals surface area (Å²) in [5.41, 5.74) is 1.51. The van der Waals surface area contributed by atoms with Gasteiger partial charge in [-0.15, -0.1) is 0 Å². The summed E-state index contributed by atoms with van der Waals surface area (Å²) in [6.45, 7) is 0. The summed E-state index contributed by atoms with van der Waals surface area (Å²) in [4.78, 5) is 25.9. The molecule has 0 N–H and O–H groups in total. The van der Waals surface area contributed by atoms with Crippen molar-refractivity contribution in [1.82, 2.24) is 0 Å². The van der Waals surface area contributed by atoms with Crippen LogP contribution in [0.15, 0.2) is 46.9 Å². The number of imide groups is 1. The summed E-state index contributed by atoms with van der Waals surface area (Å²) in [7, 11) is 0. The fraction of sp³-hybridized carbons (Fsp3) is 0. The Labute approximate surface area is 131 Å². The van der Waals surface area contributed by atoms with E-state index in [0.29, 0.717) is 16.8 Å². The molecule has 2 aromatic rings. The van der Waals surface area contributed by atoms with E-state index in [-0.39, 0.29) is 11.8 Å². The van der Waals surface area contributed by atoms with E-state index in [0.717, 1.165) is 8.04 Å². The average molecular weight is 428 g/mol. The third-order valence-corrected chi connectivity index (χ3v) is 3.98. The zero-order chi connectivity index (χ0) is 13.6. The molecule has 0 unspecified atom stereocenters. The number of hydrogen-bond acceptors (Lipinski definition) is 2. The summed E-state index contributed by atoms with van der Waals surface area (Å²) in [6, 6.07) is 12.4. The standard InChI is InChI=1S/C14H7BrINO2/c15-8-5-9(16)7-10(6-8)17-13(18)11-3-1-2-4-12(11)14(17)19/h1-7H. The highest BCUT2D eigenvalue weighted by Crippen LogP contribution is 2.31. The largest absolute Gasteiger partial charge is 0.268 e. The molecule has 1 aliphatic heterocycles. The van der Waals surface area contributed by atoms with Crippen LogP contribution < -0.4 is 4.90 Å². The van der Waals surface area contributed by atoms with Crippen LogP contribution >= 0.6 is 38.5 Å². The molecule has 0 atom stereocenters. The first-order valence-electron chi connectivity index (χ1n) is 5.52. The second-order valence-corrected chi connectivity index (χ2v) is 6.28. The fourth-order valence-electron chi connectivity index (χ4n) is 2.09. The molecule has 0 saturated heterocycles. The minimum Gasteiger partial charge on any atom is -0.268 e. The van der Waals surface area contributed by atoms with Gasteiger partial charge in [0.05, 0.1) is 16.8 Å². The molecule has 3 rings (SSSR count). The number of nitrogens with zero attached hydrogens (tertiary/aromatic N) is 1. The molecule has 1 heterocycles. The van der Waals surface area contributed by atoms with Gasteiger partial charge in [-0.05, 0) is 52.9 Å². The monoisotopic (exact) mass is 427 g/mol. The van der Waals surface area contributed by atoms with Crippen molar-refractivity contribution in [3.05, 3.63) is 61.6 Å². The molecule has 2 aromatic carbocycles. The number of rotatable bonds is 1. The lowest BCUT2D eigenvalue weighted by molar-refractivity contribution is 0.0926. The maximum atomic E-state index is 12.3. The van der Waals surface area contributed by atoms with E-state index in [4.69, 9.17) is 0 Å². The highest BCUT2D eigenvalue weighted by molar-refractivity contribution is 14.1. The van der Waals surface area contributed by atoms with Crippen molar-refractivity contribution in [2.24, 2.45) is 0 Å². The van der Waals surface area contributed by atoms with Gasteiger partial charge in [0.2, 0.25) is 0 Å². The first-order valence-corrected chi connectivity index (χ1v) is 7.39. The van der Waals surface area contributed by atoms with E-state index in [1.807, 2.05) is 12.1 Å². The van der Waals surface area contributed by atoms with Crippen LogP contribution in [0.25, 0.3) is 0 Å². The van der Waals surface area contributed by atoms with Gasteiger partial charge in [0.15, 0.2) is 0 Å². The van der Waals surface area contributed by atoms with E-state index in [9.17, 15) is 9.59 Å². The zero-order valence-electron chi connectivity index (χ0n) is 9.56. The Hall–Kier alpha value is -1.21. The summed E-state index contributed by atoms with van der Waals surface area (Å²) < 4.78 is 1.80.